The molecule has 0 aliphatic carbocycles. The third-order valence-electron chi connectivity index (χ3n) is 5.48. The van der Waals surface area contributed by atoms with Gasteiger partial charge in [-0.15, -0.1) is 0 Å². The van der Waals surface area contributed by atoms with Gasteiger partial charge in [-0.3, -0.25) is 9.89 Å². The minimum atomic E-state index is 0.453. The van der Waals surface area contributed by atoms with Crippen molar-refractivity contribution < 1.29 is 4.74 Å². The number of ether oxygens (including phenoxy) is 1. The van der Waals surface area contributed by atoms with Gasteiger partial charge in [-0.05, 0) is 37.5 Å². The van der Waals surface area contributed by atoms with E-state index in [1.54, 1.807) is 7.05 Å². The highest BCUT2D eigenvalue weighted by molar-refractivity contribution is 5.79. The maximum atomic E-state index is 5.50. The summed E-state index contributed by atoms with van der Waals surface area (Å²) in [6.45, 7) is 13.7. The van der Waals surface area contributed by atoms with Gasteiger partial charge >= 0.3 is 0 Å². The van der Waals surface area contributed by atoms with E-state index in [2.05, 4.69) is 50.5 Å². The average molecular weight is 414 g/mol. The second-order valence-corrected chi connectivity index (χ2v) is 8.13. The first-order valence-electron chi connectivity index (χ1n) is 10.7. The Balaban J connectivity index is 1.52. The Morgan fingerprint density at radius 1 is 1.20 bits per heavy atom. The van der Waals surface area contributed by atoms with Crippen LogP contribution in [0, 0.1) is 19.8 Å². The van der Waals surface area contributed by atoms with Gasteiger partial charge in [-0.25, -0.2) is 9.67 Å². The number of morpholine rings is 1. The standard InChI is InChI=1S/C22H35N7O/c1-16(2)20(28-8-10-30-11-9-28)15-26-22(23-5)25-14-19-6-7-21(24-13-19)29-18(4)12-17(3)27-29/h6-7,12-13,16,20H,8-11,14-15H2,1-5H3,(H2,23,25,26). The van der Waals surface area contributed by atoms with Crippen molar-refractivity contribution in [3.8, 4) is 5.82 Å². The van der Waals surface area contributed by atoms with E-state index in [0.717, 1.165) is 61.6 Å². The third kappa shape index (κ3) is 5.79. The highest BCUT2D eigenvalue weighted by atomic mass is 16.5. The Bertz CT molecular complexity index is 823. The highest BCUT2D eigenvalue weighted by Crippen LogP contribution is 2.12. The van der Waals surface area contributed by atoms with E-state index in [-0.39, 0.29) is 0 Å². The van der Waals surface area contributed by atoms with Crippen molar-refractivity contribution in [2.45, 2.75) is 40.3 Å². The summed E-state index contributed by atoms with van der Waals surface area (Å²) in [7, 11) is 1.80. The molecule has 1 aliphatic heterocycles. The number of guanidine groups is 1. The largest absolute Gasteiger partial charge is 0.379 e. The van der Waals surface area contributed by atoms with Gasteiger partial charge in [-0.1, -0.05) is 19.9 Å². The van der Waals surface area contributed by atoms with Crippen molar-refractivity contribution in [1.82, 2.24) is 30.3 Å². The average Bonchev–Trinajstić information content (AvgIpc) is 3.09. The normalized spacial score (nSPS) is 16.7. The Morgan fingerprint density at radius 2 is 1.97 bits per heavy atom. The lowest BCUT2D eigenvalue weighted by Crippen LogP contribution is -2.52. The van der Waals surface area contributed by atoms with Gasteiger partial charge in [0.1, 0.15) is 0 Å². The topological polar surface area (TPSA) is 79.6 Å². The van der Waals surface area contributed by atoms with E-state index in [4.69, 9.17) is 4.74 Å². The smallest absolute Gasteiger partial charge is 0.191 e. The van der Waals surface area contributed by atoms with Gasteiger partial charge in [0.15, 0.2) is 11.8 Å². The first-order chi connectivity index (χ1) is 14.5. The van der Waals surface area contributed by atoms with Gasteiger partial charge in [-0.2, -0.15) is 5.10 Å². The van der Waals surface area contributed by atoms with Crippen LogP contribution in [0.15, 0.2) is 29.4 Å². The zero-order valence-electron chi connectivity index (χ0n) is 18.9. The number of hydrogen-bond acceptors (Lipinski definition) is 5. The Labute approximate surface area is 179 Å². The van der Waals surface area contributed by atoms with E-state index < -0.39 is 0 Å². The van der Waals surface area contributed by atoms with Crippen LogP contribution in [0.25, 0.3) is 5.82 Å². The molecule has 0 aromatic carbocycles. The molecule has 2 aromatic heterocycles. The molecule has 2 N–H and O–H groups in total. The van der Waals surface area contributed by atoms with Gasteiger partial charge in [0.05, 0.1) is 18.9 Å². The number of aromatic nitrogens is 3. The van der Waals surface area contributed by atoms with E-state index in [9.17, 15) is 0 Å². The van der Waals surface area contributed by atoms with Gasteiger partial charge in [0.2, 0.25) is 0 Å². The van der Waals surface area contributed by atoms with E-state index in [0.29, 0.717) is 18.5 Å². The van der Waals surface area contributed by atoms with Crippen LogP contribution in [0.3, 0.4) is 0 Å². The number of pyridine rings is 1. The maximum Gasteiger partial charge on any atom is 0.191 e. The van der Waals surface area contributed by atoms with Crippen molar-refractivity contribution >= 4 is 5.96 Å². The second-order valence-electron chi connectivity index (χ2n) is 8.13. The van der Waals surface area contributed by atoms with Crippen LogP contribution in [-0.4, -0.2) is 71.6 Å². The van der Waals surface area contributed by atoms with Gasteiger partial charge in [0.25, 0.3) is 0 Å². The van der Waals surface area contributed by atoms with Gasteiger partial charge < -0.3 is 15.4 Å². The summed E-state index contributed by atoms with van der Waals surface area (Å²) in [4.78, 5) is 11.5. The first kappa shape index (κ1) is 22.2. The molecule has 0 amide bonds. The van der Waals surface area contributed by atoms with Crippen molar-refractivity contribution in [2.75, 3.05) is 39.9 Å². The molecule has 3 rings (SSSR count). The molecule has 2 aromatic rings. The lowest BCUT2D eigenvalue weighted by atomic mass is 10.0. The SMILES string of the molecule is CN=C(NCc1ccc(-n2nc(C)cc2C)nc1)NCC(C(C)C)N1CCOCC1. The molecule has 3 heterocycles. The van der Waals surface area contributed by atoms with E-state index in [1.165, 1.54) is 0 Å². The molecule has 1 atom stereocenters. The molecule has 164 valence electrons. The summed E-state index contributed by atoms with van der Waals surface area (Å²) in [6.07, 6.45) is 1.89. The number of hydrogen-bond donors (Lipinski definition) is 2. The molecule has 0 saturated carbocycles. The summed E-state index contributed by atoms with van der Waals surface area (Å²) in [5.74, 6) is 2.19. The Morgan fingerprint density at radius 3 is 2.53 bits per heavy atom. The molecule has 1 unspecified atom stereocenters. The number of nitrogens with one attached hydrogen (secondary N) is 2. The van der Waals surface area contributed by atoms with E-state index >= 15 is 0 Å². The molecule has 8 nitrogen and oxygen atoms in total. The molecule has 1 saturated heterocycles. The molecule has 8 heteroatoms. The Kier molecular flexibility index (Phi) is 7.81. The molecule has 1 fully saturated rings. The van der Waals surface area contributed by atoms with Crippen molar-refractivity contribution in [3.63, 3.8) is 0 Å². The molecule has 1 aliphatic rings. The van der Waals surface area contributed by atoms with Crippen LogP contribution in [0.5, 0.6) is 0 Å². The maximum absolute atomic E-state index is 5.50. The summed E-state index contributed by atoms with van der Waals surface area (Å²) in [6, 6.07) is 6.58. The summed E-state index contributed by atoms with van der Waals surface area (Å²) >= 11 is 0. The summed E-state index contributed by atoms with van der Waals surface area (Å²) in [5, 5.41) is 11.4. The molecule has 0 spiro atoms. The highest BCUT2D eigenvalue weighted by Gasteiger charge is 2.23. The Hall–Kier alpha value is -2.45. The quantitative estimate of drug-likeness (QED) is 0.533. The number of rotatable bonds is 7. The fraction of sp³-hybridized carbons (Fsp3) is 0.591. The predicted molar refractivity (Wildman–Crippen MR) is 120 cm³/mol. The number of aryl methyl sites for hydroxylation is 2. The fourth-order valence-electron chi connectivity index (χ4n) is 3.81. The van der Waals surface area contributed by atoms with Crippen LogP contribution in [0.4, 0.5) is 0 Å². The minimum absolute atomic E-state index is 0.453. The molecular formula is C22H35N7O. The molecular weight excluding hydrogens is 378 g/mol. The van der Waals surface area contributed by atoms with Crippen LogP contribution in [0.2, 0.25) is 0 Å². The fourth-order valence-corrected chi connectivity index (χ4v) is 3.81. The molecule has 0 bridgehead atoms. The van der Waals surface area contributed by atoms with Crippen molar-refractivity contribution in [3.05, 3.63) is 41.3 Å². The second kappa shape index (κ2) is 10.5. The lowest BCUT2D eigenvalue weighted by molar-refractivity contribution is 0.00752. The van der Waals surface area contributed by atoms with Crippen LogP contribution in [-0.2, 0) is 11.3 Å². The molecule has 0 radical (unpaired) electrons. The van der Waals surface area contributed by atoms with Crippen LogP contribution in [0.1, 0.15) is 30.8 Å². The zero-order valence-corrected chi connectivity index (χ0v) is 18.9. The first-order valence-corrected chi connectivity index (χ1v) is 10.7. The predicted octanol–water partition coefficient (Wildman–Crippen LogP) is 1.91. The zero-order chi connectivity index (χ0) is 21.5. The summed E-state index contributed by atoms with van der Waals surface area (Å²) in [5.41, 5.74) is 3.17. The van der Waals surface area contributed by atoms with Crippen molar-refractivity contribution in [1.29, 1.82) is 0 Å². The number of aliphatic imine (C=N–C) groups is 1. The number of nitrogens with zero attached hydrogens (tertiary/aromatic N) is 5. The molecule has 30 heavy (non-hydrogen) atoms. The monoisotopic (exact) mass is 413 g/mol. The van der Waals surface area contributed by atoms with E-state index in [1.807, 2.05) is 36.9 Å². The van der Waals surface area contributed by atoms with Crippen LogP contribution >= 0.6 is 0 Å². The van der Waals surface area contributed by atoms with Crippen LogP contribution < -0.4 is 10.6 Å². The lowest BCUT2D eigenvalue weighted by Gasteiger charge is -2.37. The third-order valence-corrected chi connectivity index (χ3v) is 5.48. The minimum Gasteiger partial charge on any atom is -0.379 e. The summed E-state index contributed by atoms with van der Waals surface area (Å²) < 4.78 is 7.36. The van der Waals surface area contributed by atoms with Gasteiger partial charge in [0, 0.05) is 51.2 Å². The van der Waals surface area contributed by atoms with Crippen molar-refractivity contribution in [2.24, 2.45) is 10.9 Å².